The van der Waals surface area contributed by atoms with E-state index in [1.165, 1.54) is 0 Å². The fourth-order valence-corrected chi connectivity index (χ4v) is 3.94. The van der Waals surface area contributed by atoms with E-state index >= 15 is 0 Å². The summed E-state index contributed by atoms with van der Waals surface area (Å²) in [5, 5.41) is 2.88. The third-order valence-electron chi connectivity index (χ3n) is 4.46. The van der Waals surface area contributed by atoms with Crippen molar-refractivity contribution in [3.8, 4) is 17.0 Å². The minimum atomic E-state index is -0.0426. The molecule has 5 heteroatoms. The fourth-order valence-electron chi connectivity index (χ4n) is 2.96. The first kappa shape index (κ1) is 19.6. The zero-order valence-corrected chi connectivity index (χ0v) is 18.2. The first-order valence-corrected chi connectivity index (χ1v) is 10.8. The molecule has 0 saturated heterocycles. The lowest BCUT2D eigenvalue weighted by molar-refractivity contribution is 0.103. The maximum absolute atomic E-state index is 13.0. The molecule has 0 aliphatic rings. The minimum absolute atomic E-state index is 0.0426. The van der Waals surface area contributed by atoms with E-state index < -0.39 is 0 Å². The number of aromatic nitrogens is 1. The van der Waals surface area contributed by atoms with Crippen molar-refractivity contribution in [3.63, 3.8) is 0 Å². The molecule has 4 aromatic rings. The SMILES string of the molecule is Cc1ccc(OCc2nc(-c3ccc(Br)cc3)cs2)c(C(=O)c2ccccc2)c1. The van der Waals surface area contributed by atoms with Gasteiger partial charge in [-0.25, -0.2) is 4.98 Å². The molecule has 0 radical (unpaired) electrons. The summed E-state index contributed by atoms with van der Waals surface area (Å²) in [6.07, 6.45) is 0. The van der Waals surface area contributed by atoms with Gasteiger partial charge >= 0.3 is 0 Å². The number of benzene rings is 3. The lowest BCUT2D eigenvalue weighted by Gasteiger charge is -2.11. The van der Waals surface area contributed by atoms with Crippen LogP contribution in [0.2, 0.25) is 0 Å². The number of carbonyl (C=O) groups is 1. The normalized spacial score (nSPS) is 10.7. The topological polar surface area (TPSA) is 39.2 Å². The highest BCUT2D eigenvalue weighted by molar-refractivity contribution is 9.10. The minimum Gasteiger partial charge on any atom is -0.486 e. The molecule has 0 aliphatic heterocycles. The summed E-state index contributed by atoms with van der Waals surface area (Å²) < 4.78 is 7.05. The number of carbonyl (C=O) groups excluding carboxylic acids is 1. The molecule has 0 bridgehead atoms. The Morgan fingerprint density at radius 3 is 2.55 bits per heavy atom. The zero-order chi connectivity index (χ0) is 20.2. The van der Waals surface area contributed by atoms with E-state index in [1.807, 2.05) is 85.1 Å². The van der Waals surface area contributed by atoms with Gasteiger partial charge in [0.2, 0.25) is 0 Å². The van der Waals surface area contributed by atoms with Crippen LogP contribution in [-0.4, -0.2) is 10.8 Å². The first-order valence-electron chi connectivity index (χ1n) is 9.14. The van der Waals surface area contributed by atoms with Crippen molar-refractivity contribution in [2.24, 2.45) is 0 Å². The summed E-state index contributed by atoms with van der Waals surface area (Å²) in [5.41, 5.74) is 4.22. The molecule has 0 saturated carbocycles. The number of rotatable bonds is 6. The Labute approximate surface area is 182 Å². The van der Waals surface area contributed by atoms with Gasteiger partial charge in [0.1, 0.15) is 17.4 Å². The molecule has 0 spiro atoms. The number of hydrogen-bond donors (Lipinski definition) is 0. The van der Waals surface area contributed by atoms with Gasteiger partial charge in [0.15, 0.2) is 5.78 Å². The predicted molar refractivity (Wildman–Crippen MR) is 121 cm³/mol. The maximum Gasteiger partial charge on any atom is 0.196 e. The van der Waals surface area contributed by atoms with Crippen LogP contribution in [0.15, 0.2) is 82.6 Å². The second-order valence-corrected chi connectivity index (χ2v) is 8.48. The molecule has 1 heterocycles. The van der Waals surface area contributed by atoms with Crippen molar-refractivity contribution < 1.29 is 9.53 Å². The Hall–Kier alpha value is -2.76. The number of halogens is 1. The number of hydrogen-bond acceptors (Lipinski definition) is 4. The Balaban J connectivity index is 1.53. The lowest BCUT2D eigenvalue weighted by atomic mass is 10.0. The second-order valence-electron chi connectivity index (χ2n) is 6.62. The van der Waals surface area contributed by atoms with E-state index in [4.69, 9.17) is 4.74 Å². The van der Waals surface area contributed by atoms with E-state index in [0.717, 1.165) is 26.3 Å². The average Bonchev–Trinajstić information content (AvgIpc) is 3.22. The molecule has 29 heavy (non-hydrogen) atoms. The fraction of sp³-hybridized carbons (Fsp3) is 0.0833. The van der Waals surface area contributed by atoms with Crippen molar-refractivity contribution in [2.45, 2.75) is 13.5 Å². The Morgan fingerprint density at radius 2 is 1.79 bits per heavy atom. The third-order valence-corrected chi connectivity index (χ3v) is 5.81. The summed E-state index contributed by atoms with van der Waals surface area (Å²) in [5.74, 6) is 0.531. The summed E-state index contributed by atoms with van der Waals surface area (Å²) in [7, 11) is 0. The van der Waals surface area contributed by atoms with E-state index in [2.05, 4.69) is 20.9 Å². The van der Waals surface area contributed by atoms with Crippen LogP contribution in [0.3, 0.4) is 0 Å². The molecular weight excluding hydrogens is 446 g/mol. The van der Waals surface area contributed by atoms with Gasteiger partial charge in [-0.15, -0.1) is 11.3 Å². The Morgan fingerprint density at radius 1 is 1.03 bits per heavy atom. The quantitative estimate of drug-likeness (QED) is 0.299. The number of aryl methyl sites for hydroxylation is 1. The molecular formula is C24H18BrNO2S. The van der Waals surface area contributed by atoms with Crippen LogP contribution in [-0.2, 0) is 6.61 Å². The van der Waals surface area contributed by atoms with Gasteiger partial charge in [0, 0.05) is 21.0 Å². The molecule has 144 valence electrons. The van der Waals surface area contributed by atoms with Crippen molar-refractivity contribution in [3.05, 3.63) is 104 Å². The maximum atomic E-state index is 13.0. The first-order chi connectivity index (χ1) is 14.1. The standard InChI is InChI=1S/C24H18BrNO2S/c1-16-7-12-22(20(13-16)24(27)18-5-3-2-4-6-18)28-14-23-26-21(15-29-23)17-8-10-19(25)11-9-17/h2-13,15H,14H2,1H3. The van der Waals surface area contributed by atoms with Gasteiger partial charge < -0.3 is 4.74 Å². The van der Waals surface area contributed by atoms with Crippen molar-refractivity contribution >= 4 is 33.0 Å². The van der Waals surface area contributed by atoms with Crippen LogP contribution < -0.4 is 4.74 Å². The summed E-state index contributed by atoms with van der Waals surface area (Å²) in [6.45, 7) is 2.29. The molecule has 4 rings (SSSR count). The van der Waals surface area contributed by atoms with Gasteiger partial charge in [-0.1, -0.05) is 70.0 Å². The number of ether oxygens (including phenoxy) is 1. The molecule has 0 amide bonds. The van der Waals surface area contributed by atoms with Gasteiger partial charge in [-0.2, -0.15) is 0 Å². The third kappa shape index (κ3) is 4.63. The monoisotopic (exact) mass is 463 g/mol. The summed E-state index contributed by atoms with van der Waals surface area (Å²) in [6, 6.07) is 23.0. The molecule has 0 fully saturated rings. The van der Waals surface area contributed by atoms with Crippen LogP contribution in [0.4, 0.5) is 0 Å². The summed E-state index contributed by atoms with van der Waals surface area (Å²) >= 11 is 5.00. The van der Waals surface area contributed by atoms with Crippen LogP contribution >= 0.6 is 27.3 Å². The highest BCUT2D eigenvalue weighted by Crippen LogP contribution is 2.27. The van der Waals surface area contributed by atoms with Crippen LogP contribution in [0.1, 0.15) is 26.5 Å². The molecule has 3 aromatic carbocycles. The number of ketones is 1. The van der Waals surface area contributed by atoms with Gasteiger partial charge in [-0.05, 0) is 31.2 Å². The van der Waals surface area contributed by atoms with Crippen LogP contribution in [0.5, 0.6) is 5.75 Å². The Bertz CT molecular complexity index is 1140. The predicted octanol–water partition coefficient (Wildman–Crippen LogP) is 6.69. The molecule has 0 N–H and O–H groups in total. The number of thiazole rings is 1. The van der Waals surface area contributed by atoms with Gasteiger partial charge in [-0.3, -0.25) is 4.79 Å². The van der Waals surface area contributed by atoms with Gasteiger partial charge in [0.25, 0.3) is 0 Å². The van der Waals surface area contributed by atoms with Crippen LogP contribution in [0.25, 0.3) is 11.3 Å². The molecule has 0 aliphatic carbocycles. The zero-order valence-electron chi connectivity index (χ0n) is 15.8. The van der Waals surface area contributed by atoms with E-state index in [1.54, 1.807) is 11.3 Å². The van der Waals surface area contributed by atoms with Gasteiger partial charge in [0.05, 0.1) is 11.3 Å². The largest absolute Gasteiger partial charge is 0.486 e. The van der Waals surface area contributed by atoms with Crippen molar-refractivity contribution in [1.82, 2.24) is 4.98 Å². The molecule has 0 atom stereocenters. The smallest absolute Gasteiger partial charge is 0.196 e. The highest BCUT2D eigenvalue weighted by Gasteiger charge is 2.16. The van der Waals surface area contributed by atoms with Crippen LogP contribution in [0, 0.1) is 6.92 Å². The molecule has 1 aromatic heterocycles. The molecule has 0 unspecified atom stereocenters. The average molecular weight is 464 g/mol. The van der Waals surface area contributed by atoms with E-state index in [-0.39, 0.29) is 5.78 Å². The van der Waals surface area contributed by atoms with E-state index in [9.17, 15) is 4.79 Å². The molecule has 3 nitrogen and oxygen atoms in total. The van der Waals surface area contributed by atoms with E-state index in [0.29, 0.717) is 23.5 Å². The Kier molecular flexibility index (Phi) is 5.88. The second kappa shape index (κ2) is 8.72. The number of nitrogens with zero attached hydrogens (tertiary/aromatic N) is 1. The highest BCUT2D eigenvalue weighted by atomic mass is 79.9. The lowest BCUT2D eigenvalue weighted by Crippen LogP contribution is -2.06. The van der Waals surface area contributed by atoms with Crippen molar-refractivity contribution in [2.75, 3.05) is 0 Å². The summed E-state index contributed by atoms with van der Waals surface area (Å²) in [4.78, 5) is 17.6. The van der Waals surface area contributed by atoms with Crippen molar-refractivity contribution in [1.29, 1.82) is 0 Å².